The van der Waals surface area contributed by atoms with Crippen LogP contribution in [0.2, 0.25) is 0 Å². The van der Waals surface area contributed by atoms with Crippen LogP contribution in [0.1, 0.15) is 44.3 Å². The number of rotatable bonds is 5. The Morgan fingerprint density at radius 2 is 2.06 bits per heavy atom. The number of nitrogens with two attached hydrogens (primary N) is 1. The molecule has 2 fully saturated rings. The van der Waals surface area contributed by atoms with Crippen molar-refractivity contribution in [2.45, 2.75) is 44.1 Å². The van der Waals surface area contributed by atoms with Crippen LogP contribution < -0.4 is 16.4 Å². The molecule has 0 bridgehead atoms. The van der Waals surface area contributed by atoms with Gasteiger partial charge in [-0.15, -0.1) is 0 Å². The summed E-state index contributed by atoms with van der Waals surface area (Å²) in [6.07, 6.45) is 7.39. The number of urea groups is 1. The van der Waals surface area contributed by atoms with Crippen LogP contribution in [-0.4, -0.2) is 35.9 Å². The van der Waals surface area contributed by atoms with Crippen LogP contribution in [-0.2, 0) is 5.41 Å². The van der Waals surface area contributed by atoms with E-state index in [-0.39, 0.29) is 5.41 Å². The van der Waals surface area contributed by atoms with Crippen LogP contribution in [0.25, 0.3) is 22.3 Å². The minimum atomic E-state index is -0.463. The van der Waals surface area contributed by atoms with Crippen molar-refractivity contribution < 1.29 is 9.32 Å². The van der Waals surface area contributed by atoms with E-state index >= 15 is 0 Å². The Kier molecular flexibility index (Phi) is 3.94. The Labute approximate surface area is 182 Å². The molecule has 2 aliphatic carbocycles. The summed E-state index contributed by atoms with van der Waals surface area (Å²) in [4.78, 5) is 25.2. The fourth-order valence-corrected chi connectivity index (χ4v) is 3.70. The number of nitrogen functional groups attached to an aromatic ring is 1. The fraction of sp³-hybridized carbons (Fsp3) is 0.333. The second kappa shape index (κ2) is 6.74. The first-order chi connectivity index (χ1) is 15.5. The predicted molar refractivity (Wildman–Crippen MR) is 117 cm³/mol. The van der Waals surface area contributed by atoms with Crippen LogP contribution >= 0.6 is 0 Å². The Balaban J connectivity index is 1.20. The highest BCUT2D eigenvalue weighted by Gasteiger charge is 2.42. The highest BCUT2D eigenvalue weighted by Crippen LogP contribution is 2.47. The second-order valence-corrected chi connectivity index (χ2v) is 8.63. The van der Waals surface area contributed by atoms with Gasteiger partial charge in [0.05, 0.1) is 17.1 Å². The van der Waals surface area contributed by atoms with E-state index in [9.17, 15) is 4.79 Å². The molecule has 0 aliphatic heterocycles. The summed E-state index contributed by atoms with van der Waals surface area (Å²) in [6, 6.07) is 5.17. The van der Waals surface area contributed by atoms with E-state index in [1.165, 1.54) is 6.33 Å². The Hall–Kier alpha value is -4.02. The number of fused-ring (bicyclic) bond motifs is 1. The van der Waals surface area contributed by atoms with Crippen LogP contribution in [0.5, 0.6) is 0 Å². The lowest BCUT2D eigenvalue weighted by molar-refractivity contribution is 0.261. The van der Waals surface area contributed by atoms with Gasteiger partial charge in [-0.2, -0.15) is 5.10 Å². The summed E-state index contributed by atoms with van der Waals surface area (Å²) in [5.41, 5.74) is 9.22. The zero-order chi connectivity index (χ0) is 21.9. The van der Waals surface area contributed by atoms with Crippen molar-refractivity contribution >= 4 is 34.6 Å². The number of carbonyl (C=O) groups excluding carboxylic acids is 1. The van der Waals surface area contributed by atoms with Gasteiger partial charge in [-0.05, 0) is 37.8 Å². The summed E-state index contributed by atoms with van der Waals surface area (Å²) in [5.74, 6) is 1.06. The molecule has 6 rings (SSSR count). The van der Waals surface area contributed by atoms with E-state index < -0.39 is 6.03 Å². The maximum Gasteiger partial charge on any atom is 0.327 e. The van der Waals surface area contributed by atoms with E-state index in [0.29, 0.717) is 34.6 Å². The SMILES string of the molecule is CC1(c2cc(NC(=O)Nc3ccc(-c4nn(C5CC5)c5ncnc(N)c45)cn3)on2)CC1. The molecule has 2 amide bonds. The van der Waals surface area contributed by atoms with Crippen LogP contribution in [0.15, 0.2) is 35.2 Å². The van der Waals surface area contributed by atoms with Gasteiger partial charge in [-0.25, -0.2) is 24.4 Å². The molecule has 0 atom stereocenters. The summed E-state index contributed by atoms with van der Waals surface area (Å²) in [6.45, 7) is 2.12. The highest BCUT2D eigenvalue weighted by molar-refractivity contribution is 5.99. The molecule has 0 unspecified atom stereocenters. The molecule has 0 radical (unpaired) electrons. The molecule has 4 aromatic rings. The number of pyridine rings is 1. The van der Waals surface area contributed by atoms with Gasteiger partial charge in [0.2, 0.25) is 5.88 Å². The quantitative estimate of drug-likeness (QED) is 0.434. The summed E-state index contributed by atoms with van der Waals surface area (Å²) in [7, 11) is 0. The second-order valence-electron chi connectivity index (χ2n) is 8.63. The Morgan fingerprint density at radius 1 is 1.22 bits per heavy atom. The first-order valence-electron chi connectivity index (χ1n) is 10.5. The van der Waals surface area contributed by atoms with Gasteiger partial charge in [0, 0.05) is 23.2 Å². The van der Waals surface area contributed by atoms with Crippen molar-refractivity contribution in [2.24, 2.45) is 0 Å². The number of hydrogen-bond donors (Lipinski definition) is 3. The molecule has 4 heterocycles. The molecule has 0 spiro atoms. The van der Waals surface area contributed by atoms with E-state index in [1.807, 2.05) is 10.7 Å². The van der Waals surface area contributed by atoms with Gasteiger partial charge in [-0.3, -0.25) is 10.6 Å². The molecule has 2 saturated carbocycles. The Bertz CT molecular complexity index is 1330. The standard InChI is InChI=1S/C21H21N9O2/c1-21(6-7-21)13-8-15(32-29-13)27-20(31)26-14-5-2-11(9-23-14)17-16-18(22)24-10-25-19(16)30(28-17)12-3-4-12/h2,5,8-10,12H,3-4,6-7H2,1H3,(H2,22,24,25)(H2,23,26,27,31). The third-order valence-electron chi connectivity index (χ3n) is 6.05. The monoisotopic (exact) mass is 431 g/mol. The van der Waals surface area contributed by atoms with E-state index in [0.717, 1.165) is 42.6 Å². The van der Waals surface area contributed by atoms with E-state index in [2.05, 4.69) is 37.7 Å². The largest absolute Gasteiger partial charge is 0.383 e. The molecule has 2 aliphatic rings. The molecule has 4 N–H and O–H groups in total. The summed E-state index contributed by atoms with van der Waals surface area (Å²) < 4.78 is 7.13. The van der Waals surface area contributed by atoms with Crippen LogP contribution in [0, 0.1) is 0 Å². The number of aromatic nitrogens is 6. The van der Waals surface area contributed by atoms with Crippen molar-refractivity contribution in [3.05, 3.63) is 36.4 Å². The van der Waals surface area contributed by atoms with Gasteiger partial charge in [0.15, 0.2) is 5.65 Å². The first-order valence-corrected chi connectivity index (χ1v) is 10.5. The third kappa shape index (κ3) is 3.22. The number of anilines is 3. The number of carbonyl (C=O) groups is 1. The molecule has 11 heteroatoms. The Morgan fingerprint density at radius 3 is 2.78 bits per heavy atom. The van der Waals surface area contributed by atoms with Gasteiger partial charge in [0.1, 0.15) is 23.7 Å². The van der Waals surface area contributed by atoms with E-state index in [1.54, 1.807) is 18.3 Å². The summed E-state index contributed by atoms with van der Waals surface area (Å²) >= 11 is 0. The molecule has 0 aromatic carbocycles. The van der Waals surface area contributed by atoms with Crippen LogP contribution in [0.3, 0.4) is 0 Å². The van der Waals surface area contributed by atoms with Crippen molar-refractivity contribution in [1.82, 2.24) is 29.9 Å². The number of amides is 2. The molecular formula is C21H21N9O2. The molecular weight excluding hydrogens is 410 g/mol. The predicted octanol–water partition coefficient (Wildman–Crippen LogP) is 3.49. The van der Waals surface area contributed by atoms with Crippen molar-refractivity contribution in [1.29, 1.82) is 0 Å². The zero-order valence-corrected chi connectivity index (χ0v) is 17.4. The van der Waals surface area contributed by atoms with Gasteiger partial charge in [0.25, 0.3) is 0 Å². The van der Waals surface area contributed by atoms with Gasteiger partial charge >= 0.3 is 6.03 Å². The summed E-state index contributed by atoms with van der Waals surface area (Å²) in [5, 5.41) is 14.8. The molecule has 4 aromatic heterocycles. The maximum absolute atomic E-state index is 12.3. The van der Waals surface area contributed by atoms with Gasteiger partial charge < -0.3 is 10.3 Å². The topological polar surface area (TPSA) is 150 Å². The molecule has 162 valence electrons. The van der Waals surface area contributed by atoms with Crippen molar-refractivity contribution in [3.8, 4) is 11.3 Å². The minimum absolute atomic E-state index is 0.0718. The number of nitrogens with one attached hydrogen (secondary N) is 2. The average Bonchev–Trinajstić information content (AvgIpc) is 3.68. The molecule has 0 saturated heterocycles. The first kappa shape index (κ1) is 18.7. The third-order valence-corrected chi connectivity index (χ3v) is 6.05. The van der Waals surface area contributed by atoms with Gasteiger partial charge in [-0.1, -0.05) is 12.1 Å². The zero-order valence-electron chi connectivity index (χ0n) is 17.4. The fourth-order valence-electron chi connectivity index (χ4n) is 3.70. The smallest absolute Gasteiger partial charge is 0.327 e. The lowest BCUT2D eigenvalue weighted by Crippen LogP contribution is -2.19. The number of nitrogens with zero attached hydrogens (tertiary/aromatic N) is 6. The lowest BCUT2D eigenvalue weighted by atomic mass is 10.1. The molecule has 11 nitrogen and oxygen atoms in total. The van der Waals surface area contributed by atoms with Crippen LogP contribution in [0.4, 0.5) is 22.3 Å². The molecule has 32 heavy (non-hydrogen) atoms. The van der Waals surface area contributed by atoms with Crippen molar-refractivity contribution in [3.63, 3.8) is 0 Å². The number of hydrogen-bond acceptors (Lipinski definition) is 8. The highest BCUT2D eigenvalue weighted by atomic mass is 16.5. The lowest BCUT2D eigenvalue weighted by Gasteiger charge is -2.05. The van der Waals surface area contributed by atoms with E-state index in [4.69, 9.17) is 15.4 Å². The van der Waals surface area contributed by atoms with Crippen molar-refractivity contribution in [2.75, 3.05) is 16.4 Å². The average molecular weight is 431 g/mol. The minimum Gasteiger partial charge on any atom is -0.383 e. The maximum atomic E-state index is 12.3. The normalized spacial score (nSPS) is 16.8.